The topological polar surface area (TPSA) is 32.7 Å². The van der Waals surface area contributed by atoms with Crippen LogP contribution in [0.1, 0.15) is 37.2 Å². The van der Waals surface area contributed by atoms with E-state index in [1.54, 1.807) is 24.3 Å². The Balaban J connectivity index is 1.41. The van der Waals surface area contributed by atoms with Gasteiger partial charge in [0, 0.05) is 12.6 Å². The van der Waals surface area contributed by atoms with E-state index in [1.165, 1.54) is 43.4 Å². The summed E-state index contributed by atoms with van der Waals surface area (Å²) in [5.74, 6) is 1.40. The quantitative estimate of drug-likeness (QED) is 0.834. The fourth-order valence-corrected chi connectivity index (χ4v) is 3.62. The molecular weight excluding hydrogens is 317 g/mol. The molecule has 3 rings (SSSR count). The highest BCUT2D eigenvalue weighted by molar-refractivity contribution is 5.28. The normalized spacial score (nSPS) is 20.6. The number of phenolic OH excluding ortho intramolecular Hbond substituents is 1. The number of aromatic hydroxyl groups is 1. The van der Waals surface area contributed by atoms with Gasteiger partial charge < -0.3 is 14.7 Å². The second-order valence-electron chi connectivity index (χ2n) is 6.88. The van der Waals surface area contributed by atoms with Crippen molar-refractivity contribution in [3.63, 3.8) is 0 Å². The first kappa shape index (κ1) is 17.7. The molecule has 1 aliphatic rings. The molecule has 0 amide bonds. The number of nitrogens with zero attached hydrogens (tertiary/aromatic N) is 1. The largest absolute Gasteiger partial charge is 0.508 e. The van der Waals surface area contributed by atoms with Gasteiger partial charge in [0.05, 0.1) is 0 Å². The molecule has 134 valence electrons. The van der Waals surface area contributed by atoms with Crippen LogP contribution >= 0.6 is 0 Å². The van der Waals surface area contributed by atoms with Crippen LogP contribution in [0.2, 0.25) is 0 Å². The number of rotatable bonds is 6. The van der Waals surface area contributed by atoms with Crippen molar-refractivity contribution in [3.8, 4) is 11.5 Å². The smallest absolute Gasteiger partial charge is 0.123 e. The zero-order valence-corrected chi connectivity index (χ0v) is 14.7. The predicted octanol–water partition coefficient (Wildman–Crippen LogP) is 4.57. The third-order valence-electron chi connectivity index (χ3n) is 5.21. The summed E-state index contributed by atoms with van der Waals surface area (Å²) in [7, 11) is 2.15. The lowest BCUT2D eigenvalue weighted by Crippen LogP contribution is -2.37. The van der Waals surface area contributed by atoms with Gasteiger partial charge >= 0.3 is 0 Å². The molecule has 1 saturated carbocycles. The fraction of sp³-hybridized carbons (Fsp3) is 0.429. The third-order valence-corrected chi connectivity index (χ3v) is 5.21. The first-order chi connectivity index (χ1) is 12.1. The Labute approximate surface area is 149 Å². The average Bonchev–Trinajstić information content (AvgIpc) is 2.64. The summed E-state index contributed by atoms with van der Waals surface area (Å²) in [5, 5.41) is 9.41. The van der Waals surface area contributed by atoms with Crippen LogP contribution < -0.4 is 4.74 Å². The lowest BCUT2D eigenvalue weighted by molar-refractivity contribution is 0.154. The predicted molar refractivity (Wildman–Crippen MR) is 97.6 cm³/mol. The van der Waals surface area contributed by atoms with Gasteiger partial charge in [0.2, 0.25) is 0 Å². The molecule has 1 fully saturated rings. The van der Waals surface area contributed by atoms with E-state index in [-0.39, 0.29) is 5.82 Å². The molecule has 0 spiro atoms. The Morgan fingerprint density at radius 1 is 1.00 bits per heavy atom. The van der Waals surface area contributed by atoms with E-state index >= 15 is 0 Å². The molecule has 0 heterocycles. The van der Waals surface area contributed by atoms with Crippen molar-refractivity contribution in [1.29, 1.82) is 0 Å². The molecule has 25 heavy (non-hydrogen) atoms. The summed E-state index contributed by atoms with van der Waals surface area (Å²) < 4.78 is 18.6. The summed E-state index contributed by atoms with van der Waals surface area (Å²) in [4.78, 5) is 2.37. The fourth-order valence-electron chi connectivity index (χ4n) is 3.62. The Morgan fingerprint density at radius 3 is 2.28 bits per heavy atom. The second kappa shape index (κ2) is 8.34. The van der Waals surface area contributed by atoms with E-state index in [1.807, 2.05) is 12.1 Å². The number of phenols is 1. The van der Waals surface area contributed by atoms with Crippen molar-refractivity contribution in [2.45, 2.75) is 37.6 Å². The van der Waals surface area contributed by atoms with Gasteiger partial charge in [0.15, 0.2) is 0 Å². The van der Waals surface area contributed by atoms with Gasteiger partial charge in [-0.15, -0.1) is 0 Å². The van der Waals surface area contributed by atoms with E-state index in [0.29, 0.717) is 30.1 Å². The highest BCUT2D eigenvalue weighted by Crippen LogP contribution is 2.34. The highest BCUT2D eigenvalue weighted by atomic mass is 19.1. The van der Waals surface area contributed by atoms with Gasteiger partial charge in [-0.1, -0.05) is 12.1 Å². The number of hydrogen-bond acceptors (Lipinski definition) is 3. The Bertz CT molecular complexity index is 649. The van der Waals surface area contributed by atoms with Gasteiger partial charge in [-0.05, 0) is 80.6 Å². The van der Waals surface area contributed by atoms with E-state index in [9.17, 15) is 9.50 Å². The van der Waals surface area contributed by atoms with Crippen LogP contribution in [0.3, 0.4) is 0 Å². The zero-order chi connectivity index (χ0) is 17.6. The standard InChI is InChI=1S/C21H26FNO2/c1-23(14-15-25-21-12-6-18(22)7-13-21)19-8-2-16(3-9-19)17-4-10-20(24)11-5-17/h4-7,10-13,16,19,24H,2-3,8-9,14-15H2,1H3/t16-,19-. The molecule has 1 aliphatic carbocycles. The minimum atomic E-state index is -0.241. The third kappa shape index (κ3) is 4.95. The zero-order valence-electron chi connectivity index (χ0n) is 14.7. The molecule has 4 heteroatoms. The van der Waals surface area contributed by atoms with Crippen LogP contribution in [-0.4, -0.2) is 36.2 Å². The molecule has 0 unspecified atom stereocenters. The number of likely N-dealkylation sites (N-methyl/N-ethyl adjacent to an activating group) is 1. The first-order valence-electron chi connectivity index (χ1n) is 8.99. The van der Waals surface area contributed by atoms with Crippen LogP contribution in [0.15, 0.2) is 48.5 Å². The van der Waals surface area contributed by atoms with Crippen molar-refractivity contribution in [2.24, 2.45) is 0 Å². The van der Waals surface area contributed by atoms with Crippen molar-refractivity contribution in [2.75, 3.05) is 20.2 Å². The summed E-state index contributed by atoms with van der Waals surface area (Å²) in [6, 6.07) is 14.4. The molecule has 0 radical (unpaired) electrons. The van der Waals surface area contributed by atoms with Crippen LogP contribution in [0.25, 0.3) is 0 Å². The summed E-state index contributed by atoms with van der Waals surface area (Å²) in [6.45, 7) is 1.48. The van der Waals surface area contributed by atoms with Crippen LogP contribution in [0, 0.1) is 5.82 Å². The molecule has 1 N–H and O–H groups in total. The average molecular weight is 343 g/mol. The Morgan fingerprint density at radius 2 is 1.64 bits per heavy atom. The van der Waals surface area contributed by atoms with Gasteiger partial charge in [-0.2, -0.15) is 0 Å². The van der Waals surface area contributed by atoms with Gasteiger partial charge in [-0.25, -0.2) is 4.39 Å². The van der Waals surface area contributed by atoms with Crippen LogP contribution in [0.5, 0.6) is 11.5 Å². The monoisotopic (exact) mass is 343 g/mol. The molecule has 2 aromatic rings. The van der Waals surface area contributed by atoms with Crippen molar-refractivity contribution >= 4 is 0 Å². The molecule has 0 atom stereocenters. The molecular formula is C21H26FNO2. The first-order valence-corrected chi connectivity index (χ1v) is 8.99. The van der Waals surface area contributed by atoms with Gasteiger partial charge in [-0.3, -0.25) is 0 Å². The van der Waals surface area contributed by atoms with E-state index in [4.69, 9.17) is 4.74 Å². The number of halogens is 1. The minimum absolute atomic E-state index is 0.241. The highest BCUT2D eigenvalue weighted by Gasteiger charge is 2.24. The second-order valence-corrected chi connectivity index (χ2v) is 6.88. The maximum Gasteiger partial charge on any atom is 0.123 e. The lowest BCUT2D eigenvalue weighted by atomic mass is 9.81. The summed E-state index contributed by atoms with van der Waals surface area (Å²) in [6.07, 6.45) is 4.72. The van der Waals surface area contributed by atoms with E-state index < -0.39 is 0 Å². The number of benzene rings is 2. The van der Waals surface area contributed by atoms with E-state index in [0.717, 1.165) is 6.54 Å². The summed E-state index contributed by atoms with van der Waals surface area (Å²) >= 11 is 0. The molecule has 0 bridgehead atoms. The van der Waals surface area contributed by atoms with Gasteiger partial charge in [0.1, 0.15) is 23.9 Å². The summed E-state index contributed by atoms with van der Waals surface area (Å²) in [5.41, 5.74) is 1.33. The van der Waals surface area contributed by atoms with E-state index in [2.05, 4.69) is 11.9 Å². The van der Waals surface area contributed by atoms with Crippen molar-refractivity contribution in [1.82, 2.24) is 4.90 Å². The maximum absolute atomic E-state index is 12.9. The Hall–Kier alpha value is -2.07. The number of hydrogen-bond donors (Lipinski definition) is 1. The Kier molecular flexibility index (Phi) is 5.92. The molecule has 0 aromatic heterocycles. The SMILES string of the molecule is CN(CCOc1ccc(F)cc1)[C@H]1CC[C@H](c2ccc(O)cc2)CC1. The van der Waals surface area contributed by atoms with Crippen LogP contribution in [0.4, 0.5) is 4.39 Å². The molecule has 2 aromatic carbocycles. The van der Waals surface area contributed by atoms with Crippen LogP contribution in [-0.2, 0) is 0 Å². The van der Waals surface area contributed by atoms with Gasteiger partial charge in [0.25, 0.3) is 0 Å². The van der Waals surface area contributed by atoms with Crippen molar-refractivity contribution < 1.29 is 14.2 Å². The lowest BCUT2D eigenvalue weighted by Gasteiger charge is -2.34. The molecule has 0 aliphatic heterocycles. The minimum Gasteiger partial charge on any atom is -0.508 e. The molecule has 0 saturated heterocycles. The van der Waals surface area contributed by atoms with Crippen molar-refractivity contribution in [3.05, 3.63) is 59.9 Å². The maximum atomic E-state index is 12.9. The number of ether oxygens (including phenoxy) is 1. The molecule has 3 nitrogen and oxygen atoms in total.